The molecule has 0 radical (unpaired) electrons. The zero-order chi connectivity index (χ0) is 15.1. The van der Waals surface area contributed by atoms with Crippen molar-refractivity contribution in [3.63, 3.8) is 0 Å². The molecule has 0 aromatic heterocycles. The second-order valence-corrected chi connectivity index (χ2v) is 7.51. The van der Waals surface area contributed by atoms with Gasteiger partial charge >= 0.3 is 10.1 Å². The molecule has 1 aliphatic carbocycles. The molecule has 1 saturated carbocycles. The molecule has 0 saturated heterocycles. The van der Waals surface area contributed by atoms with Gasteiger partial charge in [-0.1, -0.05) is 31.4 Å². The summed E-state index contributed by atoms with van der Waals surface area (Å²) < 4.78 is 32.0. The third kappa shape index (κ3) is 5.48. The van der Waals surface area contributed by atoms with E-state index in [0.717, 1.165) is 0 Å². The molecule has 0 aliphatic heterocycles. The minimum absolute atomic E-state index is 0.248. The smallest absolute Gasteiger partial charge is 0.321 e. The largest absolute Gasteiger partial charge is 0.691 e. The quantitative estimate of drug-likeness (QED) is 0.249. The van der Waals surface area contributed by atoms with Crippen LogP contribution in [0.3, 0.4) is 0 Å². The van der Waals surface area contributed by atoms with E-state index < -0.39 is 15.2 Å². The molecule has 1 aliphatic rings. The zero-order valence-corrected chi connectivity index (χ0v) is 13.0. The van der Waals surface area contributed by atoms with Crippen LogP contribution in [-0.2, 0) is 19.5 Å². The van der Waals surface area contributed by atoms with Gasteiger partial charge in [0.15, 0.2) is 5.08 Å². The Hall–Kier alpha value is -0.800. The number of hydrogen-bond acceptors (Lipinski definition) is 7. The van der Waals surface area contributed by atoms with Crippen molar-refractivity contribution in [3.05, 3.63) is 29.8 Å². The fraction of sp³-hybridized carbons (Fsp3) is 0.538. The predicted octanol–water partition coefficient (Wildman–Crippen LogP) is 2.27. The lowest BCUT2D eigenvalue weighted by atomic mass is 9.84. The lowest BCUT2D eigenvalue weighted by Crippen LogP contribution is -2.13. The van der Waals surface area contributed by atoms with E-state index in [1.807, 2.05) is 12.1 Å². The molecule has 0 atom stereocenters. The molecule has 1 aromatic rings. The molecule has 0 heterocycles. The maximum atomic E-state index is 11.6. The highest BCUT2D eigenvalue weighted by atomic mass is 32.3. The third-order valence-electron chi connectivity index (χ3n) is 3.45. The lowest BCUT2D eigenvalue weighted by Gasteiger charge is -2.22. The Bertz CT molecular complexity index is 522. The van der Waals surface area contributed by atoms with Crippen LogP contribution in [0.5, 0.6) is 5.75 Å². The topological polar surface area (TPSA) is 84.9 Å². The molecule has 2 rings (SSSR count). The molecule has 1 fully saturated rings. The minimum atomic E-state index is -3.83. The van der Waals surface area contributed by atoms with Crippen LogP contribution in [-0.4, -0.2) is 13.5 Å². The van der Waals surface area contributed by atoms with Gasteiger partial charge in [0.1, 0.15) is 5.75 Å². The summed E-state index contributed by atoms with van der Waals surface area (Å²) >= 11 is 0.358. The SMILES string of the molecule is O=S(=O)(CSOO[O-])Oc1ccc(C2CCCCC2)cc1. The first-order valence-electron chi connectivity index (χ1n) is 6.71. The van der Waals surface area contributed by atoms with Crippen molar-refractivity contribution in [1.29, 1.82) is 0 Å². The van der Waals surface area contributed by atoms with Gasteiger partial charge in [-0.15, -0.1) is 0 Å². The predicted molar refractivity (Wildman–Crippen MR) is 76.4 cm³/mol. The van der Waals surface area contributed by atoms with E-state index in [-0.39, 0.29) is 5.75 Å². The van der Waals surface area contributed by atoms with Gasteiger partial charge in [-0.2, -0.15) is 12.8 Å². The van der Waals surface area contributed by atoms with Crippen molar-refractivity contribution in [2.45, 2.75) is 38.0 Å². The van der Waals surface area contributed by atoms with Gasteiger partial charge in [0.05, 0.1) is 12.0 Å². The first-order valence-corrected chi connectivity index (χ1v) is 9.20. The molecule has 0 amide bonds. The Balaban J connectivity index is 1.92. The van der Waals surface area contributed by atoms with Crippen LogP contribution in [0.25, 0.3) is 0 Å². The van der Waals surface area contributed by atoms with Crippen LogP contribution in [0, 0.1) is 0 Å². The maximum absolute atomic E-state index is 11.6. The van der Waals surface area contributed by atoms with Crippen molar-refractivity contribution >= 4 is 22.2 Å². The Kier molecular flexibility index (Phi) is 6.31. The second kappa shape index (κ2) is 8.00. The van der Waals surface area contributed by atoms with E-state index in [0.29, 0.717) is 18.0 Å². The summed E-state index contributed by atoms with van der Waals surface area (Å²) in [6.07, 6.45) is 6.15. The molecule has 118 valence electrons. The van der Waals surface area contributed by atoms with Gasteiger partial charge in [0, 0.05) is 0 Å². The van der Waals surface area contributed by atoms with Gasteiger partial charge in [-0.05, 0) is 36.5 Å². The Morgan fingerprint density at radius 2 is 1.81 bits per heavy atom. The van der Waals surface area contributed by atoms with Gasteiger partial charge in [0.25, 0.3) is 0 Å². The van der Waals surface area contributed by atoms with Crippen LogP contribution < -0.4 is 9.44 Å². The van der Waals surface area contributed by atoms with Gasteiger partial charge in [0.2, 0.25) is 0 Å². The number of hydrogen-bond donors (Lipinski definition) is 0. The fourth-order valence-corrected chi connectivity index (χ4v) is 3.76. The fourth-order valence-electron chi connectivity index (χ4n) is 2.50. The summed E-state index contributed by atoms with van der Waals surface area (Å²) in [5.74, 6) is 0.806. The van der Waals surface area contributed by atoms with E-state index in [4.69, 9.17) is 4.18 Å². The van der Waals surface area contributed by atoms with Crippen LogP contribution in [0.2, 0.25) is 0 Å². The first-order chi connectivity index (χ1) is 10.1. The molecule has 0 unspecified atom stereocenters. The molecule has 6 nitrogen and oxygen atoms in total. The molecule has 8 heteroatoms. The summed E-state index contributed by atoms with van der Waals surface area (Å²) in [5, 5.41) is 12.1. The van der Waals surface area contributed by atoms with Crippen LogP contribution in [0.1, 0.15) is 43.6 Å². The Labute approximate surface area is 128 Å². The average molecular weight is 333 g/mol. The van der Waals surface area contributed by atoms with Crippen molar-refractivity contribution < 1.29 is 27.2 Å². The molecule has 21 heavy (non-hydrogen) atoms. The monoisotopic (exact) mass is 333 g/mol. The van der Waals surface area contributed by atoms with E-state index in [9.17, 15) is 13.7 Å². The van der Waals surface area contributed by atoms with E-state index >= 15 is 0 Å². The van der Waals surface area contributed by atoms with E-state index in [1.165, 1.54) is 37.7 Å². The molecule has 0 N–H and O–H groups in total. The van der Waals surface area contributed by atoms with Crippen LogP contribution in [0.15, 0.2) is 24.3 Å². The molecule has 1 aromatic carbocycles. The normalized spacial score (nSPS) is 16.8. The van der Waals surface area contributed by atoms with Crippen molar-refractivity contribution in [1.82, 2.24) is 0 Å². The minimum Gasteiger partial charge on any atom is -0.691 e. The summed E-state index contributed by atoms with van der Waals surface area (Å²) in [6.45, 7) is 0. The highest BCUT2D eigenvalue weighted by molar-refractivity contribution is 8.08. The summed E-state index contributed by atoms with van der Waals surface area (Å²) in [7, 11) is -3.83. The van der Waals surface area contributed by atoms with Crippen LogP contribution in [0.4, 0.5) is 0 Å². The Morgan fingerprint density at radius 1 is 1.14 bits per heavy atom. The van der Waals surface area contributed by atoms with Gasteiger partial charge in [-0.25, -0.2) is 0 Å². The van der Waals surface area contributed by atoms with Crippen LogP contribution >= 0.6 is 12.0 Å². The molecular formula is C13H17O6S2-. The van der Waals surface area contributed by atoms with Crippen molar-refractivity contribution in [3.8, 4) is 5.75 Å². The maximum Gasteiger partial charge on any atom is 0.321 e. The zero-order valence-electron chi connectivity index (χ0n) is 11.4. The van der Waals surface area contributed by atoms with Gasteiger partial charge in [-0.3, -0.25) is 5.04 Å². The summed E-state index contributed by atoms with van der Waals surface area (Å²) in [5.41, 5.74) is 1.22. The first kappa shape index (κ1) is 16.6. The highest BCUT2D eigenvalue weighted by Crippen LogP contribution is 2.33. The van der Waals surface area contributed by atoms with Crippen molar-refractivity contribution in [2.24, 2.45) is 0 Å². The molecule has 0 spiro atoms. The summed E-state index contributed by atoms with van der Waals surface area (Å²) in [6, 6.07) is 7.12. The highest BCUT2D eigenvalue weighted by Gasteiger charge is 2.17. The van der Waals surface area contributed by atoms with Gasteiger partial charge < -0.3 is 9.44 Å². The number of benzene rings is 1. The Morgan fingerprint density at radius 3 is 2.43 bits per heavy atom. The average Bonchev–Trinajstić information content (AvgIpc) is 2.49. The standard InChI is InChI=1S/C13H18O6S2/c14-18-19-20-10-21(15,16)17-13-8-6-12(7-9-13)11-4-2-1-3-5-11/h6-9,11,14H,1-5,10H2/p-1. The van der Waals surface area contributed by atoms with E-state index in [2.05, 4.69) is 9.37 Å². The molecular weight excluding hydrogens is 316 g/mol. The second-order valence-electron chi connectivity index (χ2n) is 4.92. The van der Waals surface area contributed by atoms with E-state index in [1.54, 1.807) is 12.1 Å². The number of rotatable bonds is 7. The molecule has 0 bridgehead atoms. The summed E-state index contributed by atoms with van der Waals surface area (Å²) in [4.78, 5) is 0. The van der Waals surface area contributed by atoms with Crippen molar-refractivity contribution in [2.75, 3.05) is 5.08 Å². The third-order valence-corrected chi connectivity index (χ3v) is 5.59. The lowest BCUT2D eigenvalue weighted by molar-refractivity contribution is -0.777.